The molecular formula is C20H24FN5O. The van der Waals surface area contributed by atoms with Gasteiger partial charge < -0.3 is 14.7 Å². The van der Waals surface area contributed by atoms with Gasteiger partial charge in [-0.2, -0.15) is 0 Å². The second-order valence-corrected chi connectivity index (χ2v) is 7.46. The van der Waals surface area contributed by atoms with Gasteiger partial charge in [0.1, 0.15) is 23.8 Å². The molecule has 1 amide bonds. The summed E-state index contributed by atoms with van der Waals surface area (Å²) in [5.74, 6) is 1.92. The number of piperazine rings is 1. The molecule has 0 radical (unpaired) electrons. The number of likely N-dealkylation sites (N-methyl/N-ethyl adjacent to an activating group) is 1. The van der Waals surface area contributed by atoms with Crippen LogP contribution in [0.5, 0.6) is 0 Å². The van der Waals surface area contributed by atoms with Crippen molar-refractivity contribution in [3.05, 3.63) is 48.0 Å². The van der Waals surface area contributed by atoms with Crippen molar-refractivity contribution in [1.29, 1.82) is 0 Å². The monoisotopic (exact) mass is 369 g/mol. The van der Waals surface area contributed by atoms with E-state index in [4.69, 9.17) is 0 Å². The molecule has 2 aliphatic heterocycles. The quantitative estimate of drug-likeness (QED) is 0.831. The third-order valence-electron chi connectivity index (χ3n) is 5.63. The molecule has 2 atom stereocenters. The SMILES string of the molecule is CC1CC(c2ccc(F)cc2)CN1c1cc(N2CCN(C)C(=O)C2)ncn1. The van der Waals surface area contributed by atoms with Crippen molar-refractivity contribution in [2.75, 3.05) is 43.0 Å². The Morgan fingerprint density at radius 2 is 1.85 bits per heavy atom. The average Bonchev–Trinajstić information content (AvgIpc) is 3.06. The van der Waals surface area contributed by atoms with E-state index in [-0.39, 0.29) is 11.7 Å². The van der Waals surface area contributed by atoms with Gasteiger partial charge >= 0.3 is 0 Å². The number of carbonyl (C=O) groups excluding carboxylic acids is 1. The molecule has 3 heterocycles. The first-order chi connectivity index (χ1) is 13.0. The maximum Gasteiger partial charge on any atom is 0.241 e. The lowest BCUT2D eigenvalue weighted by Gasteiger charge is -2.33. The smallest absolute Gasteiger partial charge is 0.241 e. The van der Waals surface area contributed by atoms with Gasteiger partial charge in [-0.05, 0) is 31.0 Å². The first-order valence-electron chi connectivity index (χ1n) is 9.34. The van der Waals surface area contributed by atoms with E-state index in [0.717, 1.165) is 36.7 Å². The van der Waals surface area contributed by atoms with Crippen molar-refractivity contribution in [1.82, 2.24) is 14.9 Å². The fourth-order valence-corrected chi connectivity index (χ4v) is 3.95. The van der Waals surface area contributed by atoms with Gasteiger partial charge in [-0.15, -0.1) is 0 Å². The maximum absolute atomic E-state index is 13.2. The standard InChI is InChI=1S/C20H24FN5O/c1-14-9-16(15-3-5-17(21)6-4-15)11-26(14)19-10-18(22-13-23-19)25-8-7-24(2)20(27)12-25/h3-6,10,13-14,16H,7-9,11-12H2,1-2H3. The van der Waals surface area contributed by atoms with Gasteiger partial charge in [-0.25, -0.2) is 14.4 Å². The molecule has 142 valence electrons. The molecule has 1 aromatic carbocycles. The third kappa shape index (κ3) is 3.59. The predicted octanol–water partition coefficient (Wildman–Crippen LogP) is 2.28. The molecule has 2 aromatic rings. The molecule has 0 spiro atoms. The Morgan fingerprint density at radius 3 is 2.59 bits per heavy atom. The average molecular weight is 369 g/mol. The number of nitrogens with zero attached hydrogens (tertiary/aromatic N) is 5. The van der Waals surface area contributed by atoms with Crippen LogP contribution in [0.1, 0.15) is 24.8 Å². The summed E-state index contributed by atoms with van der Waals surface area (Å²) < 4.78 is 13.2. The van der Waals surface area contributed by atoms with Crippen LogP contribution in [0, 0.1) is 5.82 Å². The van der Waals surface area contributed by atoms with Crippen LogP contribution in [-0.4, -0.2) is 60.0 Å². The number of anilines is 2. The first-order valence-corrected chi connectivity index (χ1v) is 9.34. The van der Waals surface area contributed by atoms with E-state index in [1.54, 1.807) is 11.2 Å². The Balaban J connectivity index is 1.51. The summed E-state index contributed by atoms with van der Waals surface area (Å²) in [7, 11) is 1.83. The zero-order valence-electron chi connectivity index (χ0n) is 15.7. The number of hydrogen-bond donors (Lipinski definition) is 0. The second-order valence-electron chi connectivity index (χ2n) is 7.46. The number of rotatable bonds is 3. The Kier molecular flexibility index (Phi) is 4.68. The molecular weight excluding hydrogens is 345 g/mol. The van der Waals surface area contributed by atoms with Crippen LogP contribution in [0.3, 0.4) is 0 Å². The highest BCUT2D eigenvalue weighted by Crippen LogP contribution is 2.35. The molecule has 2 fully saturated rings. The zero-order valence-corrected chi connectivity index (χ0v) is 15.7. The van der Waals surface area contributed by atoms with E-state index < -0.39 is 0 Å². The molecule has 6 nitrogen and oxygen atoms in total. The number of carbonyl (C=O) groups is 1. The van der Waals surface area contributed by atoms with E-state index in [9.17, 15) is 9.18 Å². The fraction of sp³-hybridized carbons (Fsp3) is 0.450. The molecule has 27 heavy (non-hydrogen) atoms. The summed E-state index contributed by atoms with van der Waals surface area (Å²) in [6, 6.07) is 9.10. The van der Waals surface area contributed by atoms with Crippen molar-refractivity contribution in [2.24, 2.45) is 0 Å². The van der Waals surface area contributed by atoms with E-state index in [1.165, 1.54) is 12.1 Å². The number of benzene rings is 1. The Labute approximate surface area is 158 Å². The van der Waals surface area contributed by atoms with Crippen molar-refractivity contribution in [3.8, 4) is 0 Å². The molecule has 1 aromatic heterocycles. The topological polar surface area (TPSA) is 52.6 Å². The van der Waals surface area contributed by atoms with E-state index in [0.29, 0.717) is 25.0 Å². The zero-order chi connectivity index (χ0) is 19.0. The lowest BCUT2D eigenvalue weighted by molar-refractivity contribution is -0.129. The van der Waals surface area contributed by atoms with Crippen LogP contribution in [0.2, 0.25) is 0 Å². The van der Waals surface area contributed by atoms with Gasteiger partial charge in [0.25, 0.3) is 0 Å². The van der Waals surface area contributed by atoms with Crippen molar-refractivity contribution in [2.45, 2.75) is 25.3 Å². The highest BCUT2D eigenvalue weighted by atomic mass is 19.1. The van der Waals surface area contributed by atoms with E-state index >= 15 is 0 Å². The summed E-state index contributed by atoms with van der Waals surface area (Å²) in [5.41, 5.74) is 1.16. The summed E-state index contributed by atoms with van der Waals surface area (Å²) in [6.07, 6.45) is 2.57. The number of aromatic nitrogens is 2. The largest absolute Gasteiger partial charge is 0.353 e. The van der Waals surface area contributed by atoms with Gasteiger partial charge in [0.2, 0.25) is 5.91 Å². The van der Waals surface area contributed by atoms with Gasteiger partial charge in [0, 0.05) is 44.7 Å². The molecule has 0 bridgehead atoms. The van der Waals surface area contributed by atoms with Gasteiger partial charge in [0.15, 0.2) is 0 Å². The summed E-state index contributed by atoms with van der Waals surface area (Å²) >= 11 is 0. The Hall–Kier alpha value is -2.70. The van der Waals surface area contributed by atoms with Crippen LogP contribution >= 0.6 is 0 Å². The van der Waals surface area contributed by atoms with Crippen LogP contribution in [0.25, 0.3) is 0 Å². The highest BCUT2D eigenvalue weighted by molar-refractivity contribution is 5.82. The molecule has 2 aliphatic rings. The Morgan fingerprint density at radius 1 is 1.11 bits per heavy atom. The van der Waals surface area contributed by atoms with Crippen LogP contribution in [-0.2, 0) is 4.79 Å². The minimum absolute atomic E-state index is 0.104. The number of amides is 1. The lowest BCUT2D eigenvalue weighted by Crippen LogP contribution is -2.48. The van der Waals surface area contributed by atoms with Crippen molar-refractivity contribution in [3.63, 3.8) is 0 Å². The van der Waals surface area contributed by atoms with Gasteiger partial charge in [0.05, 0.1) is 6.54 Å². The molecule has 0 N–H and O–H groups in total. The summed E-state index contributed by atoms with van der Waals surface area (Å²) in [6.45, 7) is 4.84. The van der Waals surface area contributed by atoms with Crippen LogP contribution in [0.15, 0.2) is 36.7 Å². The first kappa shape index (κ1) is 17.7. The van der Waals surface area contributed by atoms with Gasteiger partial charge in [-0.3, -0.25) is 4.79 Å². The normalized spacial score (nSPS) is 23.2. The predicted molar refractivity (Wildman–Crippen MR) is 102 cm³/mol. The molecule has 4 rings (SSSR count). The minimum Gasteiger partial charge on any atom is -0.353 e. The second kappa shape index (κ2) is 7.13. The van der Waals surface area contributed by atoms with Crippen LogP contribution < -0.4 is 9.80 Å². The molecule has 2 saturated heterocycles. The molecule has 0 aliphatic carbocycles. The number of halogens is 1. The van der Waals surface area contributed by atoms with Crippen molar-refractivity contribution < 1.29 is 9.18 Å². The van der Waals surface area contributed by atoms with E-state index in [1.807, 2.05) is 30.1 Å². The Bertz CT molecular complexity index is 827. The molecule has 0 saturated carbocycles. The maximum atomic E-state index is 13.2. The minimum atomic E-state index is -0.205. The fourth-order valence-electron chi connectivity index (χ4n) is 3.95. The number of hydrogen-bond acceptors (Lipinski definition) is 5. The molecule has 2 unspecified atom stereocenters. The van der Waals surface area contributed by atoms with Crippen molar-refractivity contribution >= 4 is 17.5 Å². The van der Waals surface area contributed by atoms with E-state index in [2.05, 4.69) is 21.8 Å². The van der Waals surface area contributed by atoms with Crippen LogP contribution in [0.4, 0.5) is 16.0 Å². The highest BCUT2D eigenvalue weighted by Gasteiger charge is 2.31. The lowest BCUT2D eigenvalue weighted by atomic mass is 9.97. The molecule has 7 heteroatoms. The third-order valence-corrected chi connectivity index (χ3v) is 5.63. The summed E-state index contributed by atoms with van der Waals surface area (Å²) in [5, 5.41) is 0. The summed E-state index contributed by atoms with van der Waals surface area (Å²) in [4.78, 5) is 26.9. The van der Waals surface area contributed by atoms with Gasteiger partial charge in [-0.1, -0.05) is 12.1 Å².